The van der Waals surface area contributed by atoms with E-state index in [1.165, 1.54) is 6.92 Å². The first-order valence-electron chi connectivity index (χ1n) is 8.43. The van der Waals surface area contributed by atoms with Gasteiger partial charge in [0.2, 0.25) is 11.9 Å². The number of aryl methyl sites for hydroxylation is 1. The van der Waals surface area contributed by atoms with Crippen molar-refractivity contribution in [2.45, 2.75) is 13.8 Å². The van der Waals surface area contributed by atoms with Crippen LogP contribution >= 0.6 is 0 Å². The van der Waals surface area contributed by atoms with Gasteiger partial charge >= 0.3 is 0 Å². The first-order valence-corrected chi connectivity index (χ1v) is 8.43. The summed E-state index contributed by atoms with van der Waals surface area (Å²) in [6.45, 7) is 3.37. The van der Waals surface area contributed by atoms with Crippen molar-refractivity contribution in [2.24, 2.45) is 0 Å². The minimum Gasteiger partial charge on any atom is -0.497 e. The van der Waals surface area contributed by atoms with Crippen LogP contribution in [0.5, 0.6) is 5.75 Å². The number of methoxy groups -OCH3 is 1. The van der Waals surface area contributed by atoms with E-state index in [0.717, 1.165) is 22.8 Å². The summed E-state index contributed by atoms with van der Waals surface area (Å²) in [7, 11) is 1.63. The lowest BCUT2D eigenvalue weighted by molar-refractivity contribution is -0.114. The summed E-state index contributed by atoms with van der Waals surface area (Å²) in [6.07, 6.45) is 0. The Balaban J connectivity index is 1.80. The smallest absolute Gasteiger partial charge is 0.229 e. The van der Waals surface area contributed by atoms with Crippen LogP contribution in [0.2, 0.25) is 0 Å². The van der Waals surface area contributed by atoms with Gasteiger partial charge in [-0.1, -0.05) is 12.1 Å². The maximum Gasteiger partial charge on any atom is 0.229 e. The molecule has 138 valence electrons. The highest BCUT2D eigenvalue weighted by atomic mass is 16.5. The molecule has 2 aromatic carbocycles. The Morgan fingerprint density at radius 1 is 0.926 bits per heavy atom. The van der Waals surface area contributed by atoms with E-state index in [-0.39, 0.29) is 5.91 Å². The van der Waals surface area contributed by atoms with E-state index in [1.807, 2.05) is 61.5 Å². The van der Waals surface area contributed by atoms with Crippen LogP contribution in [0.4, 0.5) is 28.8 Å². The standard InChI is InChI=1S/C20H21N5O2/c1-13-10-19(23-17-8-5-9-18(12-17)27-3)25-20(21-13)24-16-7-4-6-15(11-16)22-14(2)26/h4-12H,1-3H3,(H,22,26)(H2,21,23,24,25). The number of hydrogen-bond donors (Lipinski definition) is 3. The average molecular weight is 363 g/mol. The molecule has 0 saturated heterocycles. The van der Waals surface area contributed by atoms with Crippen LogP contribution in [0.3, 0.4) is 0 Å². The van der Waals surface area contributed by atoms with Crippen molar-refractivity contribution >= 4 is 34.7 Å². The van der Waals surface area contributed by atoms with Crippen molar-refractivity contribution in [1.29, 1.82) is 0 Å². The number of benzene rings is 2. The SMILES string of the molecule is COc1cccc(Nc2cc(C)nc(Nc3cccc(NC(C)=O)c3)n2)c1. The molecule has 0 saturated carbocycles. The number of carbonyl (C=O) groups excluding carboxylic acids is 1. The summed E-state index contributed by atoms with van der Waals surface area (Å²) >= 11 is 0. The molecule has 0 fully saturated rings. The number of nitrogens with one attached hydrogen (secondary N) is 3. The summed E-state index contributed by atoms with van der Waals surface area (Å²) in [6, 6.07) is 16.8. The van der Waals surface area contributed by atoms with E-state index in [4.69, 9.17) is 4.74 Å². The van der Waals surface area contributed by atoms with Crippen LogP contribution in [-0.4, -0.2) is 23.0 Å². The van der Waals surface area contributed by atoms with Crippen LogP contribution < -0.4 is 20.7 Å². The minimum atomic E-state index is -0.122. The third kappa shape index (κ3) is 5.18. The Hall–Kier alpha value is -3.61. The van der Waals surface area contributed by atoms with E-state index in [0.29, 0.717) is 17.5 Å². The highest BCUT2D eigenvalue weighted by molar-refractivity contribution is 5.89. The molecule has 1 amide bonds. The predicted molar refractivity (Wildman–Crippen MR) is 107 cm³/mol. The molecule has 7 heteroatoms. The number of ether oxygens (including phenoxy) is 1. The molecule has 7 nitrogen and oxygen atoms in total. The number of carbonyl (C=O) groups is 1. The average Bonchev–Trinajstić information content (AvgIpc) is 2.61. The quantitative estimate of drug-likeness (QED) is 0.607. The second-order valence-corrected chi connectivity index (χ2v) is 5.96. The molecule has 0 aliphatic rings. The molecule has 3 rings (SSSR count). The summed E-state index contributed by atoms with van der Waals surface area (Å²) in [5.74, 6) is 1.76. The highest BCUT2D eigenvalue weighted by Gasteiger charge is 2.05. The molecule has 1 aromatic heterocycles. The third-order valence-corrected chi connectivity index (χ3v) is 3.64. The number of aromatic nitrogens is 2. The second-order valence-electron chi connectivity index (χ2n) is 5.96. The van der Waals surface area contributed by atoms with Crippen molar-refractivity contribution in [3.63, 3.8) is 0 Å². The number of nitrogens with zero attached hydrogens (tertiary/aromatic N) is 2. The number of amides is 1. The number of hydrogen-bond acceptors (Lipinski definition) is 6. The monoisotopic (exact) mass is 363 g/mol. The number of rotatable bonds is 6. The van der Waals surface area contributed by atoms with E-state index in [9.17, 15) is 4.79 Å². The lowest BCUT2D eigenvalue weighted by atomic mass is 10.2. The molecule has 3 N–H and O–H groups in total. The molecule has 0 aliphatic heterocycles. The lowest BCUT2D eigenvalue weighted by Crippen LogP contribution is -2.06. The molecule has 0 aliphatic carbocycles. The molecule has 0 spiro atoms. The van der Waals surface area contributed by atoms with Crippen LogP contribution in [-0.2, 0) is 4.79 Å². The van der Waals surface area contributed by atoms with Gasteiger partial charge in [0, 0.05) is 41.8 Å². The van der Waals surface area contributed by atoms with Crippen LogP contribution in [0.15, 0.2) is 54.6 Å². The molecule has 0 radical (unpaired) electrons. The topological polar surface area (TPSA) is 88.2 Å². The first-order chi connectivity index (χ1) is 13.0. The van der Waals surface area contributed by atoms with Gasteiger partial charge in [0.15, 0.2) is 0 Å². The van der Waals surface area contributed by atoms with Crippen molar-refractivity contribution in [3.05, 3.63) is 60.3 Å². The van der Waals surface area contributed by atoms with Gasteiger partial charge in [-0.3, -0.25) is 4.79 Å². The van der Waals surface area contributed by atoms with Crippen LogP contribution in [0, 0.1) is 6.92 Å². The van der Waals surface area contributed by atoms with Gasteiger partial charge in [-0.2, -0.15) is 4.98 Å². The zero-order chi connectivity index (χ0) is 19.2. The summed E-state index contributed by atoms with van der Waals surface area (Å²) in [5.41, 5.74) is 3.16. The number of anilines is 5. The Labute approximate surface area is 157 Å². The van der Waals surface area contributed by atoms with Gasteiger partial charge in [0.05, 0.1) is 7.11 Å². The van der Waals surface area contributed by atoms with Crippen molar-refractivity contribution < 1.29 is 9.53 Å². The van der Waals surface area contributed by atoms with Crippen LogP contribution in [0.25, 0.3) is 0 Å². The zero-order valence-corrected chi connectivity index (χ0v) is 15.4. The molecule has 27 heavy (non-hydrogen) atoms. The van der Waals surface area contributed by atoms with Gasteiger partial charge in [-0.25, -0.2) is 4.98 Å². The van der Waals surface area contributed by atoms with Crippen molar-refractivity contribution in [2.75, 3.05) is 23.1 Å². The van der Waals surface area contributed by atoms with E-state index < -0.39 is 0 Å². The third-order valence-electron chi connectivity index (χ3n) is 3.64. The largest absolute Gasteiger partial charge is 0.497 e. The van der Waals surface area contributed by atoms with E-state index in [1.54, 1.807) is 7.11 Å². The summed E-state index contributed by atoms with van der Waals surface area (Å²) in [4.78, 5) is 20.1. The zero-order valence-electron chi connectivity index (χ0n) is 15.4. The van der Waals surface area contributed by atoms with Gasteiger partial charge in [-0.05, 0) is 37.3 Å². The molecule has 0 unspecified atom stereocenters. The molecule has 0 bridgehead atoms. The fraction of sp³-hybridized carbons (Fsp3) is 0.150. The maximum absolute atomic E-state index is 11.2. The minimum absolute atomic E-state index is 0.122. The molecule has 3 aromatic rings. The van der Waals surface area contributed by atoms with Crippen molar-refractivity contribution in [1.82, 2.24) is 9.97 Å². The fourth-order valence-electron chi connectivity index (χ4n) is 2.54. The highest BCUT2D eigenvalue weighted by Crippen LogP contribution is 2.23. The Bertz CT molecular complexity index is 959. The second kappa shape index (κ2) is 8.18. The van der Waals surface area contributed by atoms with Gasteiger partial charge in [0.25, 0.3) is 0 Å². The van der Waals surface area contributed by atoms with E-state index >= 15 is 0 Å². The summed E-state index contributed by atoms with van der Waals surface area (Å²) in [5, 5.41) is 9.18. The Morgan fingerprint density at radius 3 is 2.37 bits per heavy atom. The van der Waals surface area contributed by atoms with E-state index in [2.05, 4.69) is 25.9 Å². The molecule has 1 heterocycles. The van der Waals surface area contributed by atoms with Gasteiger partial charge in [0.1, 0.15) is 11.6 Å². The Kier molecular flexibility index (Phi) is 5.51. The summed E-state index contributed by atoms with van der Waals surface area (Å²) < 4.78 is 5.24. The molecular formula is C20H21N5O2. The van der Waals surface area contributed by atoms with Gasteiger partial charge < -0.3 is 20.7 Å². The molecule has 0 atom stereocenters. The van der Waals surface area contributed by atoms with Crippen LogP contribution in [0.1, 0.15) is 12.6 Å². The first kappa shape index (κ1) is 18.2. The van der Waals surface area contributed by atoms with Crippen molar-refractivity contribution in [3.8, 4) is 5.75 Å². The lowest BCUT2D eigenvalue weighted by Gasteiger charge is -2.11. The van der Waals surface area contributed by atoms with Gasteiger partial charge in [-0.15, -0.1) is 0 Å². The fourth-order valence-corrected chi connectivity index (χ4v) is 2.54. The maximum atomic E-state index is 11.2. The Morgan fingerprint density at radius 2 is 1.63 bits per heavy atom. The normalized spacial score (nSPS) is 10.2. The molecular weight excluding hydrogens is 342 g/mol. The predicted octanol–water partition coefficient (Wildman–Crippen LogP) is 4.24.